The molecule has 1 amide bonds. The highest BCUT2D eigenvalue weighted by atomic mass is 16.5. The average Bonchev–Trinajstić information content (AvgIpc) is 3.53. The van der Waals surface area contributed by atoms with Crippen molar-refractivity contribution in [2.45, 2.75) is 89.7 Å². The number of amides is 1. The minimum Gasteiger partial charge on any atom is -0.459 e. The summed E-state index contributed by atoms with van der Waals surface area (Å²) >= 11 is 0. The third kappa shape index (κ3) is 6.21. The van der Waals surface area contributed by atoms with Crippen LogP contribution < -0.4 is 0 Å². The maximum atomic E-state index is 13.8. The first kappa shape index (κ1) is 27.3. The molecule has 0 spiro atoms. The van der Waals surface area contributed by atoms with Crippen molar-refractivity contribution in [3.8, 4) is 0 Å². The van der Waals surface area contributed by atoms with E-state index < -0.39 is 29.8 Å². The van der Waals surface area contributed by atoms with Gasteiger partial charge in [0.15, 0.2) is 6.04 Å². The molecule has 1 aromatic heterocycles. The predicted octanol–water partition coefficient (Wildman–Crippen LogP) is 3.62. The van der Waals surface area contributed by atoms with Crippen molar-refractivity contribution >= 4 is 11.9 Å². The number of hydrogen-bond donors (Lipinski definition) is 1. The van der Waals surface area contributed by atoms with Crippen LogP contribution in [0, 0.1) is 11.8 Å². The smallest absolute Gasteiger partial charge is 0.332 e. The van der Waals surface area contributed by atoms with Crippen LogP contribution in [0.2, 0.25) is 0 Å². The minimum absolute atomic E-state index is 0.0818. The van der Waals surface area contributed by atoms with E-state index in [0.29, 0.717) is 11.6 Å². The summed E-state index contributed by atoms with van der Waals surface area (Å²) in [5, 5.41) is 18.9. The van der Waals surface area contributed by atoms with Gasteiger partial charge in [0, 0.05) is 19.6 Å². The van der Waals surface area contributed by atoms with E-state index in [1.54, 1.807) is 23.4 Å². The van der Waals surface area contributed by atoms with Crippen LogP contribution in [-0.4, -0.2) is 62.7 Å². The molecule has 0 unspecified atom stereocenters. The van der Waals surface area contributed by atoms with Crippen molar-refractivity contribution in [1.29, 1.82) is 0 Å². The van der Waals surface area contributed by atoms with E-state index in [1.165, 1.54) is 32.6 Å². The van der Waals surface area contributed by atoms with Gasteiger partial charge in [-0.2, -0.15) is 0 Å². The number of nitrogens with zero attached hydrogens (tertiary/aromatic N) is 4. The molecule has 9 heteroatoms. The van der Waals surface area contributed by atoms with Crippen LogP contribution in [0.1, 0.15) is 76.6 Å². The zero-order valence-electron chi connectivity index (χ0n) is 22.4. The predicted molar refractivity (Wildman–Crippen MR) is 137 cm³/mol. The van der Waals surface area contributed by atoms with Crippen molar-refractivity contribution < 1.29 is 24.2 Å². The van der Waals surface area contributed by atoms with Crippen molar-refractivity contribution in [3.63, 3.8) is 0 Å². The largest absolute Gasteiger partial charge is 0.459 e. The van der Waals surface area contributed by atoms with Gasteiger partial charge in [0.25, 0.3) is 0 Å². The Hall–Kier alpha value is -2.78. The summed E-state index contributed by atoms with van der Waals surface area (Å²) in [5.41, 5.74) is 0.139. The normalized spacial score (nSPS) is 23.7. The van der Waals surface area contributed by atoms with E-state index in [-0.39, 0.29) is 25.0 Å². The van der Waals surface area contributed by atoms with Crippen LogP contribution in [0.3, 0.4) is 0 Å². The molecule has 4 atom stereocenters. The molecule has 2 aromatic rings. The minimum atomic E-state index is -1.21. The summed E-state index contributed by atoms with van der Waals surface area (Å²) in [6.45, 7) is 5.58. The van der Waals surface area contributed by atoms with Crippen LogP contribution >= 0.6 is 0 Å². The zero-order chi connectivity index (χ0) is 26.6. The van der Waals surface area contributed by atoms with E-state index in [9.17, 15) is 14.7 Å². The number of hydrogen-bond acceptors (Lipinski definition) is 7. The maximum Gasteiger partial charge on any atom is 0.332 e. The Morgan fingerprint density at radius 1 is 1.16 bits per heavy atom. The average molecular weight is 513 g/mol. The van der Waals surface area contributed by atoms with Crippen molar-refractivity contribution in [3.05, 3.63) is 47.8 Å². The Balaban J connectivity index is 1.60. The first-order valence-corrected chi connectivity index (χ1v) is 13.4. The summed E-state index contributed by atoms with van der Waals surface area (Å²) in [6.07, 6.45) is 7.59. The number of ether oxygens (including phenoxy) is 2. The summed E-state index contributed by atoms with van der Waals surface area (Å²) in [5.74, 6) is -0.291. The Morgan fingerprint density at radius 3 is 2.51 bits per heavy atom. The van der Waals surface area contributed by atoms with Gasteiger partial charge >= 0.3 is 5.97 Å². The van der Waals surface area contributed by atoms with Crippen molar-refractivity contribution in [1.82, 2.24) is 19.9 Å². The number of benzene rings is 1. The fraction of sp³-hybridized carbons (Fsp3) is 0.643. The van der Waals surface area contributed by atoms with E-state index >= 15 is 0 Å². The van der Waals surface area contributed by atoms with Gasteiger partial charge in [-0.25, -0.2) is 9.48 Å². The number of methoxy groups -OCH3 is 1. The van der Waals surface area contributed by atoms with Gasteiger partial charge in [-0.15, -0.1) is 5.10 Å². The van der Waals surface area contributed by atoms with Gasteiger partial charge in [0.05, 0.1) is 11.9 Å². The van der Waals surface area contributed by atoms with Crippen LogP contribution in [0.5, 0.6) is 0 Å². The molecule has 1 aromatic carbocycles. The second-order valence-corrected chi connectivity index (χ2v) is 11.1. The third-order valence-electron chi connectivity index (χ3n) is 7.78. The SMILES string of the molecule is CO[C@@H]1[C@@H](C(=O)OCc2ccccc2)N(C(=O)[C@H](C)CC2CCCCC2)C[C@H]1n1nncc1C(C)(C)O. The number of aromatic nitrogens is 3. The second-order valence-electron chi connectivity index (χ2n) is 11.1. The lowest BCUT2D eigenvalue weighted by molar-refractivity contribution is -0.159. The zero-order valence-corrected chi connectivity index (χ0v) is 22.4. The van der Waals surface area contributed by atoms with Gasteiger partial charge in [0.2, 0.25) is 5.91 Å². The number of carbonyl (C=O) groups excluding carboxylic acids is 2. The molecule has 1 aliphatic heterocycles. The lowest BCUT2D eigenvalue weighted by atomic mass is 9.83. The highest BCUT2D eigenvalue weighted by Crippen LogP contribution is 2.36. The molecule has 1 N–H and O–H groups in total. The van der Waals surface area contributed by atoms with Crippen LogP contribution in [0.4, 0.5) is 0 Å². The van der Waals surface area contributed by atoms with Gasteiger partial charge in [-0.05, 0) is 31.7 Å². The Morgan fingerprint density at radius 2 is 1.86 bits per heavy atom. The van der Waals surface area contributed by atoms with E-state index in [4.69, 9.17) is 9.47 Å². The fourth-order valence-corrected chi connectivity index (χ4v) is 5.85. The number of esters is 1. The lowest BCUT2D eigenvalue weighted by Crippen LogP contribution is -2.48. The summed E-state index contributed by atoms with van der Waals surface area (Å²) in [4.78, 5) is 29.0. The molecule has 1 saturated heterocycles. The topological polar surface area (TPSA) is 107 Å². The molecule has 1 saturated carbocycles. The highest BCUT2D eigenvalue weighted by Gasteiger charge is 2.52. The Labute approximate surface area is 219 Å². The molecule has 0 radical (unpaired) electrons. The second kappa shape index (κ2) is 11.7. The molecule has 4 rings (SSSR count). The number of rotatable bonds is 9. The summed E-state index contributed by atoms with van der Waals surface area (Å²) < 4.78 is 13.1. The maximum absolute atomic E-state index is 13.8. The lowest BCUT2D eigenvalue weighted by Gasteiger charge is -2.30. The van der Waals surface area contributed by atoms with Crippen LogP contribution in [0.25, 0.3) is 0 Å². The molecule has 1 aliphatic carbocycles. The first-order chi connectivity index (χ1) is 17.7. The molecule has 202 valence electrons. The Bertz CT molecular complexity index is 1040. The molecule has 2 heterocycles. The quantitative estimate of drug-likeness (QED) is 0.512. The standard InChI is InChI=1S/C28H40N4O5/c1-19(15-20-11-7-5-8-12-20)26(33)31-17-22(32-23(16-29-30-32)28(2,3)35)25(36-4)24(31)27(34)37-18-21-13-9-6-10-14-21/h6,9-10,13-14,16,19-20,22,24-25,35H,5,7-8,11-12,15,17-18H2,1-4H3/t19-,22-,24+,25+/m1/s1. The fourth-order valence-electron chi connectivity index (χ4n) is 5.85. The van der Waals surface area contributed by atoms with Crippen LogP contribution in [0.15, 0.2) is 36.5 Å². The van der Waals surface area contributed by atoms with Gasteiger partial charge < -0.3 is 19.5 Å². The third-order valence-corrected chi connectivity index (χ3v) is 7.78. The van der Waals surface area contributed by atoms with E-state index in [0.717, 1.165) is 24.8 Å². The van der Waals surface area contributed by atoms with Crippen LogP contribution in [-0.2, 0) is 31.3 Å². The highest BCUT2D eigenvalue weighted by molar-refractivity contribution is 5.87. The van der Waals surface area contributed by atoms with E-state index in [2.05, 4.69) is 10.3 Å². The molecule has 2 fully saturated rings. The summed E-state index contributed by atoms with van der Waals surface area (Å²) in [6, 6.07) is 8.02. The molecular formula is C28H40N4O5. The van der Waals surface area contributed by atoms with Gasteiger partial charge in [0.1, 0.15) is 24.4 Å². The van der Waals surface area contributed by atoms with E-state index in [1.807, 2.05) is 37.3 Å². The van der Waals surface area contributed by atoms with Gasteiger partial charge in [-0.3, -0.25) is 4.79 Å². The number of carbonyl (C=O) groups is 2. The Kier molecular flexibility index (Phi) is 8.64. The first-order valence-electron chi connectivity index (χ1n) is 13.4. The van der Waals surface area contributed by atoms with Gasteiger partial charge in [-0.1, -0.05) is 74.6 Å². The molecule has 37 heavy (non-hydrogen) atoms. The molecular weight excluding hydrogens is 472 g/mol. The summed E-state index contributed by atoms with van der Waals surface area (Å²) in [7, 11) is 1.52. The monoisotopic (exact) mass is 512 g/mol. The molecule has 2 aliphatic rings. The molecule has 9 nitrogen and oxygen atoms in total. The molecule has 0 bridgehead atoms. The van der Waals surface area contributed by atoms with Crippen molar-refractivity contribution in [2.75, 3.05) is 13.7 Å². The van der Waals surface area contributed by atoms with Crippen molar-refractivity contribution in [2.24, 2.45) is 11.8 Å². The number of likely N-dealkylation sites (tertiary alicyclic amines) is 1. The number of aliphatic hydroxyl groups is 1.